The van der Waals surface area contributed by atoms with E-state index >= 15 is 0 Å². The molecule has 2 saturated heterocycles. The molecule has 0 spiro atoms. The molecule has 1 unspecified atom stereocenters. The zero-order valence-corrected chi connectivity index (χ0v) is 11.1. The third-order valence-corrected chi connectivity index (χ3v) is 3.90. The van der Waals surface area contributed by atoms with Gasteiger partial charge in [0.25, 0.3) is 0 Å². The normalized spacial score (nSPS) is 30.4. The van der Waals surface area contributed by atoms with E-state index in [0.717, 1.165) is 25.6 Å². The molecule has 2 fully saturated rings. The molecule has 2 heterocycles. The Labute approximate surface area is 105 Å². The predicted molar refractivity (Wildman–Crippen MR) is 70.2 cm³/mol. The van der Waals surface area contributed by atoms with Crippen LogP contribution < -0.4 is 5.32 Å². The summed E-state index contributed by atoms with van der Waals surface area (Å²) in [6.07, 6.45) is 2.54. The first-order valence-electron chi connectivity index (χ1n) is 7.07. The fraction of sp³-hybridized carbons (Fsp3) is 1.00. The van der Waals surface area contributed by atoms with Crippen LogP contribution in [0.25, 0.3) is 0 Å². The van der Waals surface area contributed by atoms with E-state index < -0.39 is 0 Å². The van der Waals surface area contributed by atoms with Crippen LogP contribution in [0.1, 0.15) is 19.8 Å². The van der Waals surface area contributed by atoms with Crippen LogP contribution in [0.3, 0.4) is 0 Å². The van der Waals surface area contributed by atoms with Gasteiger partial charge in [0.1, 0.15) is 0 Å². The SMILES string of the molecule is C[C@@H](O)CN1CCN(CC2CCCNC2)CC1. The molecule has 0 bridgehead atoms. The zero-order chi connectivity index (χ0) is 12.1. The van der Waals surface area contributed by atoms with E-state index in [0.29, 0.717) is 0 Å². The van der Waals surface area contributed by atoms with Crippen LogP contribution in [0.2, 0.25) is 0 Å². The van der Waals surface area contributed by atoms with Crippen molar-refractivity contribution in [1.29, 1.82) is 0 Å². The van der Waals surface area contributed by atoms with Crippen LogP contribution in [0.15, 0.2) is 0 Å². The van der Waals surface area contributed by atoms with Crippen LogP contribution in [0.4, 0.5) is 0 Å². The van der Waals surface area contributed by atoms with E-state index in [9.17, 15) is 5.11 Å². The highest BCUT2D eigenvalue weighted by atomic mass is 16.3. The van der Waals surface area contributed by atoms with Crippen molar-refractivity contribution in [3.63, 3.8) is 0 Å². The van der Waals surface area contributed by atoms with Gasteiger partial charge in [0.2, 0.25) is 0 Å². The summed E-state index contributed by atoms with van der Waals surface area (Å²) in [6.45, 7) is 10.9. The van der Waals surface area contributed by atoms with Gasteiger partial charge in [0, 0.05) is 39.3 Å². The van der Waals surface area contributed by atoms with E-state index in [1.807, 2.05) is 6.92 Å². The predicted octanol–water partition coefficient (Wildman–Crippen LogP) is -0.0156. The summed E-state index contributed by atoms with van der Waals surface area (Å²) in [5.74, 6) is 0.854. The highest BCUT2D eigenvalue weighted by Crippen LogP contribution is 2.13. The van der Waals surface area contributed by atoms with Crippen LogP contribution in [0.5, 0.6) is 0 Å². The molecule has 0 aromatic heterocycles. The molecule has 2 N–H and O–H groups in total. The van der Waals surface area contributed by atoms with Gasteiger partial charge in [-0.3, -0.25) is 4.90 Å². The van der Waals surface area contributed by atoms with Gasteiger partial charge in [0.15, 0.2) is 0 Å². The number of aliphatic hydroxyl groups is 1. The third kappa shape index (κ3) is 4.54. The van der Waals surface area contributed by atoms with Crippen LogP contribution in [0, 0.1) is 5.92 Å². The first-order chi connectivity index (χ1) is 8.24. The standard InChI is InChI=1S/C13H27N3O/c1-12(17)10-15-5-7-16(8-6-15)11-13-3-2-4-14-9-13/h12-14,17H,2-11H2,1H3/t12-,13?/m1/s1. The average molecular weight is 241 g/mol. The molecule has 100 valence electrons. The summed E-state index contributed by atoms with van der Waals surface area (Å²) in [6, 6.07) is 0. The van der Waals surface area contributed by atoms with Crippen LogP contribution in [-0.2, 0) is 0 Å². The number of hydrogen-bond acceptors (Lipinski definition) is 4. The summed E-state index contributed by atoms with van der Waals surface area (Å²) in [7, 11) is 0. The fourth-order valence-corrected chi connectivity index (χ4v) is 2.97. The second-order valence-corrected chi connectivity index (χ2v) is 5.66. The molecule has 0 saturated carbocycles. The molecule has 0 radical (unpaired) electrons. The zero-order valence-electron chi connectivity index (χ0n) is 11.1. The van der Waals surface area contributed by atoms with Crippen LogP contribution in [-0.4, -0.2) is 73.4 Å². The van der Waals surface area contributed by atoms with E-state index in [1.165, 1.54) is 45.6 Å². The highest BCUT2D eigenvalue weighted by molar-refractivity contribution is 4.78. The lowest BCUT2D eigenvalue weighted by Crippen LogP contribution is -2.50. The van der Waals surface area contributed by atoms with Gasteiger partial charge in [-0.1, -0.05) is 0 Å². The second-order valence-electron chi connectivity index (χ2n) is 5.66. The molecule has 2 rings (SSSR count). The number of piperidine rings is 1. The Balaban J connectivity index is 1.64. The van der Waals surface area contributed by atoms with Crippen molar-refractivity contribution in [3.8, 4) is 0 Å². The lowest BCUT2D eigenvalue weighted by molar-refractivity contribution is 0.0723. The second kappa shape index (κ2) is 6.69. The molecular weight excluding hydrogens is 214 g/mol. The molecule has 0 aromatic carbocycles. The molecule has 2 aliphatic heterocycles. The number of hydrogen-bond donors (Lipinski definition) is 2. The lowest BCUT2D eigenvalue weighted by atomic mass is 9.99. The topological polar surface area (TPSA) is 38.7 Å². The first kappa shape index (κ1) is 13.3. The molecule has 0 aliphatic carbocycles. The van der Waals surface area contributed by atoms with Crippen molar-refractivity contribution in [1.82, 2.24) is 15.1 Å². The average Bonchev–Trinajstić information content (AvgIpc) is 2.32. The maximum absolute atomic E-state index is 9.37. The minimum absolute atomic E-state index is 0.191. The van der Waals surface area contributed by atoms with Crippen molar-refractivity contribution < 1.29 is 5.11 Å². The fourth-order valence-electron chi connectivity index (χ4n) is 2.97. The quantitative estimate of drug-likeness (QED) is 0.726. The molecule has 0 amide bonds. The van der Waals surface area contributed by atoms with Crippen LogP contribution >= 0.6 is 0 Å². The van der Waals surface area contributed by atoms with Gasteiger partial charge in [-0.15, -0.1) is 0 Å². The molecule has 4 nitrogen and oxygen atoms in total. The van der Waals surface area contributed by atoms with Gasteiger partial charge in [-0.2, -0.15) is 0 Å². The summed E-state index contributed by atoms with van der Waals surface area (Å²) in [5, 5.41) is 12.9. The van der Waals surface area contributed by atoms with E-state index in [-0.39, 0.29) is 6.10 Å². The summed E-state index contributed by atoms with van der Waals surface area (Å²) in [5.41, 5.74) is 0. The Hall–Kier alpha value is -0.160. The lowest BCUT2D eigenvalue weighted by Gasteiger charge is -2.37. The number of nitrogens with one attached hydrogen (secondary N) is 1. The minimum atomic E-state index is -0.191. The van der Waals surface area contributed by atoms with E-state index in [1.54, 1.807) is 0 Å². The summed E-state index contributed by atoms with van der Waals surface area (Å²) < 4.78 is 0. The maximum Gasteiger partial charge on any atom is 0.0639 e. The van der Waals surface area contributed by atoms with Gasteiger partial charge in [-0.25, -0.2) is 0 Å². The van der Waals surface area contributed by atoms with Crippen molar-refractivity contribution >= 4 is 0 Å². The van der Waals surface area contributed by atoms with E-state index in [4.69, 9.17) is 0 Å². The van der Waals surface area contributed by atoms with Gasteiger partial charge < -0.3 is 15.3 Å². The molecule has 2 aliphatic rings. The Morgan fingerprint density at radius 3 is 2.53 bits per heavy atom. The number of piperazine rings is 1. The Morgan fingerprint density at radius 2 is 1.94 bits per heavy atom. The monoisotopic (exact) mass is 241 g/mol. The number of aliphatic hydroxyl groups excluding tert-OH is 1. The van der Waals surface area contributed by atoms with E-state index in [2.05, 4.69) is 15.1 Å². The van der Waals surface area contributed by atoms with Crippen molar-refractivity contribution in [2.45, 2.75) is 25.9 Å². The highest BCUT2D eigenvalue weighted by Gasteiger charge is 2.21. The Kier molecular flexibility index (Phi) is 5.22. The van der Waals surface area contributed by atoms with Crippen molar-refractivity contribution in [2.75, 3.05) is 52.4 Å². The Morgan fingerprint density at radius 1 is 1.24 bits per heavy atom. The first-order valence-corrected chi connectivity index (χ1v) is 7.07. The molecule has 0 aromatic rings. The Bertz CT molecular complexity index is 209. The summed E-state index contributed by atoms with van der Waals surface area (Å²) >= 11 is 0. The van der Waals surface area contributed by atoms with Gasteiger partial charge >= 0.3 is 0 Å². The largest absolute Gasteiger partial charge is 0.392 e. The summed E-state index contributed by atoms with van der Waals surface area (Å²) in [4.78, 5) is 4.97. The third-order valence-electron chi connectivity index (χ3n) is 3.90. The maximum atomic E-state index is 9.37. The molecular formula is C13H27N3O. The smallest absolute Gasteiger partial charge is 0.0639 e. The number of rotatable bonds is 4. The van der Waals surface area contributed by atoms with Gasteiger partial charge in [-0.05, 0) is 38.8 Å². The minimum Gasteiger partial charge on any atom is -0.392 e. The van der Waals surface area contributed by atoms with Gasteiger partial charge in [0.05, 0.1) is 6.10 Å². The number of β-amino-alcohol motifs (C(OH)–C–C–N with tert-alkyl or cyclic N) is 1. The number of nitrogens with zero attached hydrogens (tertiary/aromatic N) is 2. The van der Waals surface area contributed by atoms with Crippen molar-refractivity contribution in [2.24, 2.45) is 5.92 Å². The molecule has 2 atom stereocenters. The molecule has 4 heteroatoms. The van der Waals surface area contributed by atoms with Crippen molar-refractivity contribution in [3.05, 3.63) is 0 Å². The molecule has 17 heavy (non-hydrogen) atoms.